The first-order valence-electron chi connectivity index (χ1n) is 6.78. The first kappa shape index (κ1) is 19.1. The van der Waals surface area contributed by atoms with E-state index in [1.807, 2.05) is 0 Å². The summed E-state index contributed by atoms with van der Waals surface area (Å²) in [6.45, 7) is -0.278. The molecule has 4 radical (unpaired) electrons. The van der Waals surface area contributed by atoms with E-state index in [1.165, 1.54) is 12.1 Å². The Balaban J connectivity index is 2.36. The number of aromatic hydroxyl groups is 1. The van der Waals surface area contributed by atoms with E-state index in [9.17, 15) is 31.4 Å². The molecule has 0 fully saturated rings. The number of benzene rings is 2. The molecule has 0 amide bonds. The lowest BCUT2D eigenvalue weighted by Gasteiger charge is -2.16. The van der Waals surface area contributed by atoms with Crippen LogP contribution in [0.1, 0.15) is 16.7 Å². The predicted molar refractivity (Wildman–Crippen MR) is 82.7 cm³/mol. The third-order valence-electron chi connectivity index (χ3n) is 3.31. The van der Waals surface area contributed by atoms with Crippen molar-refractivity contribution in [1.29, 1.82) is 0 Å². The van der Waals surface area contributed by atoms with Crippen LogP contribution in [-0.2, 0) is 18.9 Å². The fraction of sp³-hybridized carbons (Fsp3) is 0.200. The van der Waals surface area contributed by atoms with Crippen molar-refractivity contribution in [2.24, 2.45) is 0 Å². The van der Waals surface area contributed by atoms with Crippen LogP contribution in [0.15, 0.2) is 30.3 Å². The Morgan fingerprint density at radius 1 is 0.840 bits per heavy atom. The summed E-state index contributed by atoms with van der Waals surface area (Å²) < 4.78 is 76.8. The molecule has 0 aliphatic carbocycles. The van der Waals surface area contributed by atoms with E-state index in [0.717, 1.165) is 0 Å². The molecular formula is C15H9B2F6NO. The molecular weight excluding hydrogens is 346 g/mol. The average Bonchev–Trinajstić information content (AvgIpc) is 2.47. The molecule has 0 bridgehead atoms. The Labute approximate surface area is 141 Å². The molecule has 0 saturated carbocycles. The number of halogens is 6. The molecule has 2 nitrogen and oxygen atoms in total. The van der Waals surface area contributed by atoms with E-state index in [2.05, 4.69) is 5.32 Å². The van der Waals surface area contributed by atoms with E-state index in [4.69, 9.17) is 15.7 Å². The Morgan fingerprint density at radius 3 is 1.84 bits per heavy atom. The van der Waals surface area contributed by atoms with Crippen molar-refractivity contribution in [2.45, 2.75) is 18.9 Å². The van der Waals surface area contributed by atoms with Crippen molar-refractivity contribution in [3.05, 3.63) is 47.0 Å². The lowest BCUT2D eigenvalue weighted by Crippen LogP contribution is -2.17. The number of phenols is 1. The maximum Gasteiger partial charge on any atom is 0.416 e. The molecule has 2 aromatic carbocycles. The second-order valence-corrected chi connectivity index (χ2v) is 5.27. The highest BCUT2D eigenvalue weighted by atomic mass is 19.4. The molecule has 0 saturated heterocycles. The maximum absolute atomic E-state index is 12.8. The van der Waals surface area contributed by atoms with Crippen LogP contribution in [-0.4, -0.2) is 20.8 Å². The van der Waals surface area contributed by atoms with Crippen molar-refractivity contribution in [3.8, 4) is 5.75 Å². The van der Waals surface area contributed by atoms with Gasteiger partial charge in [-0.3, -0.25) is 0 Å². The smallest absolute Gasteiger partial charge is 0.416 e. The zero-order valence-electron chi connectivity index (χ0n) is 12.5. The number of hydrogen-bond acceptors (Lipinski definition) is 2. The van der Waals surface area contributed by atoms with E-state index in [0.29, 0.717) is 12.1 Å². The zero-order valence-corrected chi connectivity index (χ0v) is 12.5. The van der Waals surface area contributed by atoms with Gasteiger partial charge < -0.3 is 10.4 Å². The quantitative estimate of drug-likeness (QED) is 0.656. The molecule has 0 aliphatic rings. The zero-order chi connectivity index (χ0) is 19.0. The topological polar surface area (TPSA) is 32.3 Å². The standard InChI is InChI=1S/C15H9B2F6NO/c16-10-1-7(13(25)12(17)5-10)6-24-11-3-8(14(18,19)20)2-9(4-11)15(21,22)23/h1-5,24-25H,6H2. The minimum atomic E-state index is -4.94. The third kappa shape index (κ3) is 4.64. The molecule has 0 aromatic heterocycles. The minimum Gasteiger partial charge on any atom is -0.508 e. The first-order valence-corrected chi connectivity index (χ1v) is 6.78. The summed E-state index contributed by atoms with van der Waals surface area (Å²) in [7, 11) is 11.0. The Kier molecular flexibility index (Phi) is 5.02. The second kappa shape index (κ2) is 6.57. The van der Waals surface area contributed by atoms with Gasteiger partial charge in [-0.25, -0.2) is 0 Å². The van der Waals surface area contributed by atoms with Crippen molar-refractivity contribution in [2.75, 3.05) is 5.32 Å². The third-order valence-corrected chi connectivity index (χ3v) is 3.31. The van der Waals surface area contributed by atoms with Gasteiger partial charge in [0.05, 0.1) is 11.1 Å². The molecule has 0 heterocycles. The highest BCUT2D eigenvalue weighted by Gasteiger charge is 2.36. The molecule has 0 spiro atoms. The Morgan fingerprint density at radius 2 is 1.36 bits per heavy atom. The molecule has 2 N–H and O–H groups in total. The van der Waals surface area contributed by atoms with Crippen LogP contribution in [0.4, 0.5) is 32.0 Å². The molecule has 0 atom stereocenters. The van der Waals surface area contributed by atoms with Gasteiger partial charge in [0.15, 0.2) is 0 Å². The molecule has 10 heteroatoms. The van der Waals surface area contributed by atoms with Crippen molar-refractivity contribution < 1.29 is 31.4 Å². The van der Waals surface area contributed by atoms with Gasteiger partial charge in [-0.1, -0.05) is 23.1 Å². The summed E-state index contributed by atoms with van der Waals surface area (Å²) >= 11 is 0. The number of alkyl halides is 6. The number of anilines is 1. The van der Waals surface area contributed by atoms with Gasteiger partial charge in [0.2, 0.25) is 0 Å². The Bertz CT molecular complexity index is 757. The molecule has 25 heavy (non-hydrogen) atoms. The van der Waals surface area contributed by atoms with Gasteiger partial charge in [0.1, 0.15) is 21.4 Å². The van der Waals surface area contributed by atoms with Gasteiger partial charge in [-0.15, -0.1) is 0 Å². The monoisotopic (exact) mass is 355 g/mol. The number of rotatable bonds is 3. The maximum atomic E-state index is 12.8. The number of phenolic OH excluding ortho intramolecular Hbond substituents is 1. The van der Waals surface area contributed by atoms with Crippen LogP contribution in [0.3, 0.4) is 0 Å². The number of hydrogen-bond donors (Lipinski definition) is 2. The van der Waals surface area contributed by atoms with Gasteiger partial charge in [-0.2, -0.15) is 26.3 Å². The SMILES string of the molecule is [B]c1cc([B])c(O)c(CNc2cc(C(F)(F)F)cc(C(F)(F)F)c2)c1. The van der Waals surface area contributed by atoms with E-state index in [1.54, 1.807) is 0 Å². The van der Waals surface area contributed by atoms with Crippen molar-refractivity contribution in [1.82, 2.24) is 0 Å². The van der Waals surface area contributed by atoms with Crippen molar-refractivity contribution >= 4 is 32.3 Å². The Hall–Kier alpha value is -2.25. The normalized spacial score (nSPS) is 12.2. The average molecular weight is 355 g/mol. The van der Waals surface area contributed by atoms with Crippen molar-refractivity contribution in [3.63, 3.8) is 0 Å². The molecule has 2 aromatic rings. The lowest BCUT2D eigenvalue weighted by atomic mass is 9.84. The van der Waals surface area contributed by atoms with E-state index >= 15 is 0 Å². The minimum absolute atomic E-state index is 0.0289. The summed E-state index contributed by atoms with van der Waals surface area (Å²) in [5, 5.41) is 12.2. The van der Waals surface area contributed by atoms with E-state index in [-0.39, 0.29) is 34.8 Å². The highest BCUT2D eigenvalue weighted by Crippen LogP contribution is 2.37. The summed E-state index contributed by atoms with van der Waals surface area (Å²) in [5.74, 6) is -0.357. The van der Waals surface area contributed by atoms with Gasteiger partial charge in [-0.05, 0) is 18.2 Å². The summed E-state index contributed by atoms with van der Waals surface area (Å²) in [6, 6.07) is 3.69. The lowest BCUT2D eigenvalue weighted by molar-refractivity contribution is -0.143. The van der Waals surface area contributed by atoms with Gasteiger partial charge >= 0.3 is 12.4 Å². The van der Waals surface area contributed by atoms with Crippen LogP contribution in [0.5, 0.6) is 5.75 Å². The van der Waals surface area contributed by atoms with E-state index < -0.39 is 29.2 Å². The largest absolute Gasteiger partial charge is 0.508 e. The van der Waals surface area contributed by atoms with Crippen LogP contribution < -0.4 is 16.2 Å². The molecule has 0 unspecified atom stereocenters. The highest BCUT2D eigenvalue weighted by molar-refractivity contribution is 6.39. The second-order valence-electron chi connectivity index (χ2n) is 5.27. The number of nitrogens with one attached hydrogen (secondary N) is 1. The van der Waals surface area contributed by atoms with Crippen LogP contribution in [0, 0.1) is 0 Å². The summed E-state index contributed by atoms with van der Waals surface area (Å²) in [5.41, 5.74) is -3.04. The first-order chi connectivity index (χ1) is 11.4. The predicted octanol–water partition coefficient (Wildman–Crippen LogP) is 2.63. The van der Waals surface area contributed by atoms with Crippen LogP contribution in [0.25, 0.3) is 0 Å². The molecule has 128 valence electrons. The van der Waals surface area contributed by atoms with Gasteiger partial charge in [0, 0.05) is 17.8 Å². The molecule has 2 rings (SSSR count). The molecule has 0 aliphatic heterocycles. The summed E-state index contributed by atoms with van der Waals surface area (Å²) in [6.07, 6.45) is -9.89. The summed E-state index contributed by atoms with van der Waals surface area (Å²) in [4.78, 5) is 0. The van der Waals surface area contributed by atoms with Gasteiger partial charge in [0.25, 0.3) is 0 Å². The fourth-order valence-electron chi connectivity index (χ4n) is 2.13. The van der Waals surface area contributed by atoms with Crippen LogP contribution >= 0.6 is 0 Å². The van der Waals surface area contributed by atoms with Crippen LogP contribution in [0.2, 0.25) is 0 Å². The fourth-order valence-corrected chi connectivity index (χ4v) is 2.13.